The molecule has 0 bridgehead atoms. The fourth-order valence-electron chi connectivity index (χ4n) is 2.69. The Labute approximate surface area is 164 Å². The molecule has 1 amide bonds. The van der Waals surface area contributed by atoms with E-state index in [1.54, 1.807) is 11.3 Å². The van der Waals surface area contributed by atoms with E-state index in [1.807, 2.05) is 47.2 Å². The second-order valence-electron chi connectivity index (χ2n) is 6.02. The molecular formula is C19H19N5OS2. The number of carbonyl (C=O) groups excluding carboxylic acids is 1. The van der Waals surface area contributed by atoms with E-state index in [4.69, 9.17) is 0 Å². The number of thiophene rings is 1. The van der Waals surface area contributed by atoms with Gasteiger partial charge in [-0.05, 0) is 23.6 Å². The average Bonchev–Trinajstić information content (AvgIpc) is 3.43. The number of thiazole rings is 1. The van der Waals surface area contributed by atoms with Crippen molar-refractivity contribution in [3.8, 4) is 0 Å². The molecule has 1 aromatic carbocycles. The van der Waals surface area contributed by atoms with Gasteiger partial charge in [-0.3, -0.25) is 4.79 Å². The Kier molecular flexibility index (Phi) is 5.57. The van der Waals surface area contributed by atoms with Gasteiger partial charge in [0, 0.05) is 23.2 Å². The van der Waals surface area contributed by atoms with Gasteiger partial charge in [-0.2, -0.15) is 0 Å². The van der Waals surface area contributed by atoms with Crippen molar-refractivity contribution in [2.24, 2.45) is 0 Å². The number of para-hydroxylation sites is 2. The first-order valence-corrected chi connectivity index (χ1v) is 10.4. The number of H-pyrrole nitrogens is 1. The van der Waals surface area contributed by atoms with E-state index in [9.17, 15) is 4.79 Å². The van der Waals surface area contributed by atoms with Gasteiger partial charge >= 0.3 is 0 Å². The lowest BCUT2D eigenvalue weighted by Gasteiger charge is -2.01. The third-order valence-corrected chi connectivity index (χ3v) is 5.82. The molecule has 0 atom stereocenters. The van der Waals surface area contributed by atoms with Gasteiger partial charge in [0.15, 0.2) is 0 Å². The van der Waals surface area contributed by atoms with Crippen LogP contribution in [0.3, 0.4) is 0 Å². The quantitative estimate of drug-likeness (QED) is 0.398. The van der Waals surface area contributed by atoms with Crippen molar-refractivity contribution in [1.82, 2.24) is 25.6 Å². The van der Waals surface area contributed by atoms with Crippen molar-refractivity contribution in [1.29, 1.82) is 0 Å². The molecule has 0 fully saturated rings. The lowest BCUT2D eigenvalue weighted by Crippen LogP contribution is -2.22. The molecule has 0 radical (unpaired) electrons. The van der Waals surface area contributed by atoms with Crippen LogP contribution >= 0.6 is 22.7 Å². The molecule has 138 valence electrons. The van der Waals surface area contributed by atoms with E-state index in [0.29, 0.717) is 18.8 Å². The molecule has 3 N–H and O–H groups in total. The molecule has 0 aliphatic heterocycles. The molecule has 4 aromatic rings. The summed E-state index contributed by atoms with van der Waals surface area (Å²) < 4.78 is 0. The number of fused-ring (bicyclic) bond motifs is 1. The maximum atomic E-state index is 12.2. The van der Waals surface area contributed by atoms with Crippen LogP contribution in [0.2, 0.25) is 0 Å². The van der Waals surface area contributed by atoms with E-state index in [0.717, 1.165) is 39.7 Å². The van der Waals surface area contributed by atoms with Gasteiger partial charge in [-0.15, -0.1) is 22.7 Å². The smallest absolute Gasteiger partial charge is 0.271 e. The average molecular weight is 398 g/mol. The van der Waals surface area contributed by atoms with E-state index in [2.05, 4.69) is 25.6 Å². The molecule has 4 rings (SSSR count). The summed E-state index contributed by atoms with van der Waals surface area (Å²) in [5.74, 6) is 0.796. The molecule has 0 saturated heterocycles. The molecule has 6 nitrogen and oxygen atoms in total. The Balaban J connectivity index is 1.22. The summed E-state index contributed by atoms with van der Waals surface area (Å²) in [5.41, 5.74) is 2.52. The SMILES string of the molecule is O=C(NCc1cccs1)c1csc(CCNCc2nc3ccccc3[nH]2)n1. The molecule has 0 saturated carbocycles. The molecule has 0 unspecified atom stereocenters. The third-order valence-electron chi connectivity index (χ3n) is 4.03. The van der Waals surface area contributed by atoms with Crippen molar-refractivity contribution in [2.75, 3.05) is 6.54 Å². The predicted molar refractivity (Wildman–Crippen MR) is 109 cm³/mol. The standard InChI is InChI=1S/C19H19N5OS2/c25-19(21-10-13-4-3-9-26-13)16-12-27-18(24-16)7-8-20-11-17-22-14-5-1-2-6-15(14)23-17/h1-6,9,12,20H,7-8,10-11H2,(H,21,25)(H,22,23). The van der Waals surface area contributed by atoms with Crippen molar-refractivity contribution in [3.05, 3.63) is 68.6 Å². The molecule has 3 heterocycles. The van der Waals surface area contributed by atoms with Crippen LogP contribution in [-0.2, 0) is 19.5 Å². The second kappa shape index (κ2) is 8.43. The summed E-state index contributed by atoms with van der Waals surface area (Å²) in [6.45, 7) is 2.00. The minimum Gasteiger partial charge on any atom is -0.346 e. The van der Waals surface area contributed by atoms with Gasteiger partial charge < -0.3 is 15.6 Å². The monoisotopic (exact) mass is 397 g/mol. The number of aromatic amines is 1. The Hall–Kier alpha value is -2.55. The number of rotatable bonds is 8. The summed E-state index contributed by atoms with van der Waals surface area (Å²) in [5, 5.41) is 11.0. The summed E-state index contributed by atoms with van der Waals surface area (Å²) in [4.78, 5) is 25.6. The molecule has 27 heavy (non-hydrogen) atoms. The lowest BCUT2D eigenvalue weighted by molar-refractivity contribution is 0.0947. The molecular weight excluding hydrogens is 378 g/mol. The topological polar surface area (TPSA) is 82.7 Å². The van der Waals surface area contributed by atoms with Gasteiger partial charge in [-0.1, -0.05) is 18.2 Å². The number of aromatic nitrogens is 3. The summed E-state index contributed by atoms with van der Waals surface area (Å²) in [7, 11) is 0. The number of carbonyl (C=O) groups is 1. The number of amides is 1. The van der Waals surface area contributed by atoms with Crippen LogP contribution in [0.25, 0.3) is 11.0 Å². The van der Waals surface area contributed by atoms with Gasteiger partial charge in [0.25, 0.3) is 5.91 Å². The largest absolute Gasteiger partial charge is 0.346 e. The fourth-order valence-corrected chi connectivity index (χ4v) is 4.12. The Morgan fingerprint density at radius 3 is 2.85 bits per heavy atom. The van der Waals surface area contributed by atoms with Crippen LogP contribution in [0, 0.1) is 0 Å². The highest BCUT2D eigenvalue weighted by molar-refractivity contribution is 7.10. The van der Waals surface area contributed by atoms with Crippen LogP contribution < -0.4 is 10.6 Å². The number of imidazole rings is 1. The number of nitrogens with zero attached hydrogens (tertiary/aromatic N) is 2. The highest BCUT2D eigenvalue weighted by Crippen LogP contribution is 2.12. The van der Waals surface area contributed by atoms with Crippen molar-refractivity contribution < 1.29 is 4.79 Å². The molecule has 0 aliphatic rings. The van der Waals surface area contributed by atoms with Gasteiger partial charge in [0.1, 0.15) is 11.5 Å². The van der Waals surface area contributed by atoms with Crippen molar-refractivity contribution in [2.45, 2.75) is 19.5 Å². The van der Waals surface area contributed by atoms with E-state index >= 15 is 0 Å². The molecule has 8 heteroatoms. The van der Waals surface area contributed by atoms with Gasteiger partial charge in [0.2, 0.25) is 0 Å². The van der Waals surface area contributed by atoms with Crippen LogP contribution in [0.5, 0.6) is 0 Å². The first-order chi connectivity index (χ1) is 13.3. The maximum Gasteiger partial charge on any atom is 0.271 e. The van der Waals surface area contributed by atoms with Crippen LogP contribution in [0.15, 0.2) is 47.2 Å². The van der Waals surface area contributed by atoms with E-state index in [1.165, 1.54) is 11.3 Å². The highest BCUT2D eigenvalue weighted by Gasteiger charge is 2.10. The summed E-state index contributed by atoms with van der Waals surface area (Å²) in [6.07, 6.45) is 0.781. The number of benzene rings is 1. The zero-order valence-corrected chi connectivity index (χ0v) is 16.2. The van der Waals surface area contributed by atoms with Crippen molar-refractivity contribution in [3.63, 3.8) is 0 Å². The number of hydrogen-bond donors (Lipinski definition) is 3. The second-order valence-corrected chi connectivity index (χ2v) is 7.99. The van der Waals surface area contributed by atoms with Crippen molar-refractivity contribution >= 4 is 39.6 Å². The normalized spacial score (nSPS) is 11.1. The zero-order valence-electron chi connectivity index (χ0n) is 14.6. The lowest BCUT2D eigenvalue weighted by atomic mass is 10.3. The minimum atomic E-state index is -0.124. The molecule has 3 aromatic heterocycles. The van der Waals surface area contributed by atoms with Gasteiger partial charge in [0.05, 0.1) is 29.1 Å². The fraction of sp³-hybridized carbons (Fsp3) is 0.211. The Morgan fingerprint density at radius 2 is 2.00 bits per heavy atom. The van der Waals surface area contributed by atoms with Gasteiger partial charge in [-0.25, -0.2) is 9.97 Å². The zero-order chi connectivity index (χ0) is 18.5. The van der Waals surface area contributed by atoms with E-state index in [-0.39, 0.29) is 5.91 Å². The summed E-state index contributed by atoms with van der Waals surface area (Å²) in [6, 6.07) is 12.0. The Bertz CT molecular complexity index is 989. The van der Waals surface area contributed by atoms with Crippen LogP contribution in [-0.4, -0.2) is 27.4 Å². The molecule has 0 aliphatic carbocycles. The predicted octanol–water partition coefficient (Wildman–Crippen LogP) is 3.34. The van der Waals surface area contributed by atoms with Crippen LogP contribution in [0.4, 0.5) is 0 Å². The minimum absolute atomic E-state index is 0.124. The summed E-state index contributed by atoms with van der Waals surface area (Å²) >= 11 is 3.15. The number of hydrogen-bond acceptors (Lipinski definition) is 6. The maximum absolute atomic E-state index is 12.2. The first-order valence-electron chi connectivity index (χ1n) is 8.67. The van der Waals surface area contributed by atoms with E-state index < -0.39 is 0 Å². The Morgan fingerprint density at radius 1 is 1.07 bits per heavy atom. The molecule has 0 spiro atoms. The first kappa shape index (κ1) is 17.8. The highest BCUT2D eigenvalue weighted by atomic mass is 32.1. The third kappa shape index (κ3) is 4.60. The number of nitrogens with one attached hydrogen (secondary N) is 3. The van der Waals surface area contributed by atoms with Crippen LogP contribution in [0.1, 0.15) is 26.2 Å².